The van der Waals surface area contributed by atoms with E-state index in [2.05, 4.69) is 74.1 Å². The first kappa shape index (κ1) is 27.2. The summed E-state index contributed by atoms with van der Waals surface area (Å²) in [6, 6.07) is 40.3. The zero-order valence-corrected chi connectivity index (χ0v) is 24.4. The van der Waals surface area contributed by atoms with Crippen LogP contribution >= 0.6 is 0 Å². The summed E-state index contributed by atoms with van der Waals surface area (Å²) < 4.78 is 2.19. The number of benzene rings is 5. The molecule has 7 rings (SSSR count). The van der Waals surface area contributed by atoms with Crippen molar-refractivity contribution in [2.75, 3.05) is 0 Å². The fourth-order valence-corrected chi connectivity index (χ4v) is 5.88. The van der Waals surface area contributed by atoms with Crippen molar-refractivity contribution in [1.82, 2.24) is 19.5 Å². The maximum Gasteiger partial charge on any atom is 0.164 e. The maximum absolute atomic E-state index is 10.0. The van der Waals surface area contributed by atoms with E-state index in [0.29, 0.717) is 39.7 Å². The van der Waals surface area contributed by atoms with Crippen LogP contribution in [0.25, 0.3) is 61.1 Å². The van der Waals surface area contributed by atoms with E-state index in [0.717, 1.165) is 49.7 Å². The first-order chi connectivity index (χ1) is 21.9. The predicted octanol–water partition coefficient (Wildman–Crippen LogP) is 8.20. The van der Waals surface area contributed by atoms with Crippen LogP contribution in [-0.4, -0.2) is 19.5 Å². The van der Waals surface area contributed by atoms with Gasteiger partial charge in [0.15, 0.2) is 5.82 Å². The molecule has 2 aromatic heterocycles. The highest BCUT2D eigenvalue weighted by Gasteiger charge is 2.18. The van der Waals surface area contributed by atoms with E-state index >= 15 is 0 Å². The highest BCUT2D eigenvalue weighted by Crippen LogP contribution is 2.38. The molecule has 0 atom stereocenters. The summed E-state index contributed by atoms with van der Waals surface area (Å²) in [5.74, 6) is 1.61. The van der Waals surface area contributed by atoms with Gasteiger partial charge in [0.05, 0.1) is 45.9 Å². The zero-order valence-electron chi connectivity index (χ0n) is 24.4. The highest BCUT2D eigenvalue weighted by atomic mass is 15.0. The van der Waals surface area contributed by atoms with Gasteiger partial charge in [-0.1, -0.05) is 48.5 Å². The van der Waals surface area contributed by atoms with Gasteiger partial charge >= 0.3 is 0 Å². The van der Waals surface area contributed by atoms with Gasteiger partial charge in [-0.25, -0.2) is 15.0 Å². The second-order valence-electron chi connectivity index (χ2n) is 10.8. The van der Waals surface area contributed by atoms with Crippen molar-refractivity contribution in [3.05, 3.63) is 131 Å². The molecule has 5 aromatic carbocycles. The molecule has 7 heteroatoms. The second kappa shape index (κ2) is 10.9. The Morgan fingerprint density at radius 2 is 1.07 bits per heavy atom. The molecule has 0 fully saturated rings. The lowest BCUT2D eigenvalue weighted by Crippen LogP contribution is -2.02. The zero-order chi connectivity index (χ0) is 31.1. The minimum atomic E-state index is 0.446. The average Bonchev–Trinajstić information content (AvgIpc) is 3.40. The number of hydrogen-bond donors (Lipinski definition) is 0. The average molecular weight is 578 g/mol. The molecule has 0 spiro atoms. The van der Waals surface area contributed by atoms with Crippen LogP contribution in [0.5, 0.6) is 0 Å². The molecule has 0 amide bonds. The van der Waals surface area contributed by atoms with Crippen LogP contribution in [0, 0.1) is 47.8 Å². The quantitative estimate of drug-likeness (QED) is 0.208. The van der Waals surface area contributed by atoms with Gasteiger partial charge in [0, 0.05) is 22.0 Å². The van der Waals surface area contributed by atoms with Gasteiger partial charge in [-0.05, 0) is 90.7 Å². The van der Waals surface area contributed by atoms with Gasteiger partial charge in [-0.3, -0.25) is 0 Å². The van der Waals surface area contributed by atoms with E-state index < -0.39 is 0 Å². The van der Waals surface area contributed by atoms with Crippen LogP contribution in [0.2, 0.25) is 0 Å². The van der Waals surface area contributed by atoms with Crippen LogP contribution in [0.15, 0.2) is 103 Å². The first-order valence-corrected chi connectivity index (χ1v) is 14.3. The van der Waals surface area contributed by atoms with E-state index in [1.54, 1.807) is 18.2 Å². The van der Waals surface area contributed by atoms with E-state index in [1.165, 1.54) is 0 Å². The molecule has 0 aliphatic rings. The fraction of sp³-hybridized carbons (Fsp3) is 0.0526. The molecule has 0 N–H and O–H groups in total. The second-order valence-corrected chi connectivity index (χ2v) is 10.8. The van der Waals surface area contributed by atoms with Crippen LogP contribution in [0.1, 0.15) is 28.3 Å². The number of rotatable bonds is 4. The summed E-state index contributed by atoms with van der Waals surface area (Å²) in [5, 5.41) is 31.2. The van der Waals surface area contributed by atoms with E-state index in [9.17, 15) is 15.8 Å². The summed E-state index contributed by atoms with van der Waals surface area (Å²) in [6.45, 7) is 3.62. The molecule has 0 bridgehead atoms. The smallest absolute Gasteiger partial charge is 0.164 e. The largest absolute Gasteiger partial charge is 0.309 e. The standard InChI is InChI=1S/C38H23N7/c1-23-42-24(2)44-38(43-23)35-19-32(12-9-31(35)22-41)45-36-17-29(27-7-3-5-25(15-27)20-39)10-13-33(36)34-14-11-30(18-37(34)45)28-8-4-6-26(16-28)21-40/h3-19H,1-2H3. The number of hydrogen-bond acceptors (Lipinski definition) is 6. The van der Waals surface area contributed by atoms with Gasteiger partial charge in [0.2, 0.25) is 0 Å². The number of nitriles is 3. The van der Waals surface area contributed by atoms with Crippen LogP contribution < -0.4 is 0 Å². The molecule has 0 aliphatic heterocycles. The lowest BCUT2D eigenvalue weighted by Gasteiger charge is -2.13. The normalized spacial score (nSPS) is 10.8. The number of aromatic nitrogens is 4. The van der Waals surface area contributed by atoms with Gasteiger partial charge in [0.1, 0.15) is 11.6 Å². The van der Waals surface area contributed by atoms with Crippen molar-refractivity contribution < 1.29 is 0 Å². The Kier molecular flexibility index (Phi) is 6.59. The molecular formula is C38H23N7. The van der Waals surface area contributed by atoms with Gasteiger partial charge in [-0.2, -0.15) is 15.8 Å². The van der Waals surface area contributed by atoms with E-state index in [-0.39, 0.29) is 0 Å². The SMILES string of the molecule is Cc1nc(C)nc(-c2cc(-n3c4cc(-c5cccc(C#N)c5)ccc4c4ccc(-c5cccc(C#N)c5)cc43)ccc2C#N)n1. The third-order valence-corrected chi connectivity index (χ3v) is 7.90. The fourth-order valence-electron chi connectivity index (χ4n) is 5.88. The number of fused-ring (bicyclic) bond motifs is 3. The summed E-state index contributed by atoms with van der Waals surface area (Å²) in [4.78, 5) is 13.5. The van der Waals surface area contributed by atoms with E-state index in [4.69, 9.17) is 0 Å². The van der Waals surface area contributed by atoms with Crippen molar-refractivity contribution in [2.45, 2.75) is 13.8 Å². The molecule has 7 nitrogen and oxygen atoms in total. The Hall–Kier alpha value is -6.62. The van der Waals surface area contributed by atoms with Crippen molar-refractivity contribution in [1.29, 1.82) is 15.8 Å². The van der Waals surface area contributed by atoms with Gasteiger partial charge in [0.25, 0.3) is 0 Å². The topological polar surface area (TPSA) is 115 Å². The minimum absolute atomic E-state index is 0.446. The van der Waals surface area contributed by atoms with E-state index in [1.807, 2.05) is 62.4 Å². The molecule has 45 heavy (non-hydrogen) atoms. The van der Waals surface area contributed by atoms with Crippen molar-refractivity contribution >= 4 is 21.8 Å². The summed E-state index contributed by atoms with van der Waals surface area (Å²) in [6.07, 6.45) is 0. The molecule has 2 heterocycles. The lowest BCUT2D eigenvalue weighted by molar-refractivity contribution is 0.927. The monoisotopic (exact) mass is 577 g/mol. The third kappa shape index (κ3) is 4.83. The maximum atomic E-state index is 10.0. The third-order valence-electron chi connectivity index (χ3n) is 7.90. The van der Waals surface area contributed by atoms with Crippen LogP contribution in [0.3, 0.4) is 0 Å². The van der Waals surface area contributed by atoms with Crippen LogP contribution in [0.4, 0.5) is 0 Å². The Bertz CT molecular complexity index is 2310. The lowest BCUT2D eigenvalue weighted by atomic mass is 10.0. The molecule has 210 valence electrons. The van der Waals surface area contributed by atoms with Crippen molar-refractivity contribution in [3.63, 3.8) is 0 Å². The minimum Gasteiger partial charge on any atom is -0.309 e. The van der Waals surface area contributed by atoms with Gasteiger partial charge in [-0.15, -0.1) is 0 Å². The Labute approximate surface area is 259 Å². The van der Waals surface area contributed by atoms with Crippen molar-refractivity contribution in [2.24, 2.45) is 0 Å². The number of nitrogens with zero attached hydrogens (tertiary/aromatic N) is 7. The Balaban J connectivity index is 1.54. The molecule has 0 unspecified atom stereocenters. The Morgan fingerprint density at radius 1 is 0.533 bits per heavy atom. The number of aryl methyl sites for hydroxylation is 2. The van der Waals surface area contributed by atoms with Crippen LogP contribution in [-0.2, 0) is 0 Å². The predicted molar refractivity (Wildman–Crippen MR) is 174 cm³/mol. The molecule has 0 saturated heterocycles. The van der Waals surface area contributed by atoms with Gasteiger partial charge < -0.3 is 4.57 Å². The molecule has 0 saturated carbocycles. The summed E-state index contributed by atoms with van der Waals surface area (Å²) >= 11 is 0. The molecule has 0 aliphatic carbocycles. The molecular weight excluding hydrogens is 554 g/mol. The Morgan fingerprint density at radius 3 is 1.58 bits per heavy atom. The highest BCUT2D eigenvalue weighted by molar-refractivity contribution is 6.11. The summed E-state index contributed by atoms with van der Waals surface area (Å²) in [7, 11) is 0. The first-order valence-electron chi connectivity index (χ1n) is 14.3. The van der Waals surface area contributed by atoms with Crippen molar-refractivity contribution in [3.8, 4) is 57.5 Å². The molecule has 0 radical (unpaired) electrons. The summed E-state index contributed by atoms with van der Waals surface area (Å²) in [5.41, 5.74) is 8.88. The molecule has 7 aromatic rings.